The molecule has 0 unspecified atom stereocenters. The summed E-state index contributed by atoms with van der Waals surface area (Å²) in [6, 6.07) is 24.7. The molecule has 0 fully saturated rings. The van der Waals surface area contributed by atoms with Crippen LogP contribution in [0.2, 0.25) is 20.1 Å². The monoisotopic (exact) mass is 521 g/mol. The molecule has 0 amide bonds. The number of aromatic nitrogens is 1. The molecule has 1 aromatic heterocycles. The smallest absolute Gasteiger partial charge is 0.0731 e. The van der Waals surface area contributed by atoms with Crippen LogP contribution >= 0.6 is 46.4 Å². The molecule has 0 aliphatic carbocycles. The molecule has 166 valence electrons. The Bertz CT molecular complexity index is 1490. The fraction of sp³-hybridized carbons (Fsp3) is 0. The van der Waals surface area contributed by atoms with Gasteiger partial charge >= 0.3 is 0 Å². The maximum atomic E-state index is 6.25. The second kappa shape index (κ2) is 9.73. The molecule has 5 rings (SSSR count). The second-order valence-electron chi connectivity index (χ2n) is 7.54. The van der Waals surface area contributed by atoms with Gasteiger partial charge < -0.3 is 0 Å². The number of halogens is 4. The van der Waals surface area contributed by atoms with Crippen molar-refractivity contribution in [3.05, 3.63) is 110 Å². The predicted octanol–water partition coefficient (Wildman–Crippen LogP) is 9.50. The summed E-state index contributed by atoms with van der Waals surface area (Å²) in [6.45, 7) is 0. The minimum absolute atomic E-state index is 0.477. The van der Waals surface area contributed by atoms with E-state index in [4.69, 9.17) is 51.4 Å². The first-order valence-electron chi connectivity index (χ1n) is 10.3. The van der Waals surface area contributed by atoms with Gasteiger partial charge in [0.05, 0.1) is 42.5 Å². The first-order valence-corrected chi connectivity index (χ1v) is 11.8. The van der Waals surface area contributed by atoms with Crippen molar-refractivity contribution >= 4 is 92.0 Å². The Morgan fingerprint density at radius 3 is 1.50 bits per heavy atom. The maximum Gasteiger partial charge on any atom is 0.0731 e. The molecule has 0 atom stereocenters. The summed E-state index contributed by atoms with van der Waals surface area (Å²) in [5.41, 5.74) is 4.70. The molecular formula is C27H15Cl4N3. The van der Waals surface area contributed by atoms with E-state index in [-0.39, 0.29) is 0 Å². The molecule has 0 bridgehead atoms. The lowest BCUT2D eigenvalue weighted by molar-refractivity contribution is 1.46. The Labute approximate surface area is 216 Å². The number of benzene rings is 4. The molecule has 7 heteroatoms. The number of aliphatic imine (C=N–C) groups is 2. The van der Waals surface area contributed by atoms with Crippen molar-refractivity contribution < 1.29 is 0 Å². The van der Waals surface area contributed by atoms with Crippen molar-refractivity contribution in [1.82, 2.24) is 4.98 Å². The first kappa shape index (κ1) is 22.8. The molecule has 5 aromatic rings. The lowest BCUT2D eigenvalue weighted by Crippen LogP contribution is -1.85. The van der Waals surface area contributed by atoms with Crippen molar-refractivity contribution in [3.8, 4) is 0 Å². The van der Waals surface area contributed by atoms with Crippen LogP contribution in [0.4, 0.5) is 11.4 Å². The largest absolute Gasteiger partial charge is 0.256 e. The molecule has 0 saturated heterocycles. The summed E-state index contributed by atoms with van der Waals surface area (Å²) >= 11 is 24.7. The number of nitrogens with zero attached hydrogens (tertiary/aromatic N) is 3. The minimum Gasteiger partial charge on any atom is -0.256 e. The first-order chi connectivity index (χ1) is 16.5. The lowest BCUT2D eigenvalue weighted by atomic mass is 10.1. The van der Waals surface area contributed by atoms with Crippen LogP contribution in [0.25, 0.3) is 21.8 Å². The van der Waals surface area contributed by atoms with Crippen LogP contribution in [-0.2, 0) is 0 Å². The number of hydrogen-bond acceptors (Lipinski definition) is 3. The molecule has 1 heterocycles. The van der Waals surface area contributed by atoms with Crippen LogP contribution in [0, 0.1) is 0 Å². The molecule has 4 aromatic carbocycles. The van der Waals surface area contributed by atoms with E-state index in [1.165, 1.54) is 0 Å². The Hall–Kier alpha value is -2.95. The minimum atomic E-state index is 0.477. The van der Waals surface area contributed by atoms with Crippen molar-refractivity contribution in [2.24, 2.45) is 9.98 Å². The van der Waals surface area contributed by atoms with E-state index in [2.05, 4.69) is 16.1 Å². The van der Waals surface area contributed by atoms with Crippen molar-refractivity contribution in [2.75, 3.05) is 0 Å². The zero-order chi connectivity index (χ0) is 23.7. The van der Waals surface area contributed by atoms with E-state index in [0.29, 0.717) is 20.1 Å². The molecular weight excluding hydrogens is 508 g/mol. The molecule has 3 nitrogen and oxygen atoms in total. The zero-order valence-corrected chi connectivity index (χ0v) is 20.5. The number of hydrogen-bond donors (Lipinski definition) is 0. The van der Waals surface area contributed by atoms with Gasteiger partial charge in [-0.1, -0.05) is 82.8 Å². The van der Waals surface area contributed by atoms with E-state index < -0.39 is 0 Å². The zero-order valence-electron chi connectivity index (χ0n) is 17.5. The summed E-state index contributed by atoms with van der Waals surface area (Å²) in [6.07, 6.45) is 3.40. The Kier molecular flexibility index (Phi) is 6.53. The Morgan fingerprint density at radius 2 is 1.03 bits per heavy atom. The lowest BCUT2D eigenvalue weighted by Gasteiger charge is -2.05. The van der Waals surface area contributed by atoms with Gasteiger partial charge in [-0.15, -0.1) is 0 Å². The fourth-order valence-corrected chi connectivity index (χ4v) is 4.20. The average Bonchev–Trinajstić information content (AvgIpc) is 2.84. The van der Waals surface area contributed by atoms with Gasteiger partial charge in [-0.05, 0) is 42.5 Å². The third-order valence-electron chi connectivity index (χ3n) is 5.25. The topological polar surface area (TPSA) is 37.6 Å². The third-order valence-corrected chi connectivity index (χ3v) is 6.92. The van der Waals surface area contributed by atoms with Gasteiger partial charge in [0.2, 0.25) is 0 Å². The fourth-order valence-electron chi connectivity index (χ4n) is 3.49. The quantitative estimate of drug-likeness (QED) is 0.171. The SMILES string of the molecule is Clc1cccc(C=Nc2ccc3cc4ccc(N=Cc5cccc(Cl)c5Cl)cc4nc3c2)c1Cl. The van der Waals surface area contributed by atoms with Gasteiger partial charge in [-0.25, -0.2) is 4.98 Å². The van der Waals surface area contributed by atoms with Gasteiger partial charge in [-0.3, -0.25) is 9.98 Å². The molecule has 0 aliphatic rings. The summed E-state index contributed by atoms with van der Waals surface area (Å²) < 4.78 is 0. The van der Waals surface area contributed by atoms with Gasteiger partial charge in [0.1, 0.15) is 0 Å². The van der Waals surface area contributed by atoms with Crippen LogP contribution in [-0.4, -0.2) is 17.4 Å². The summed E-state index contributed by atoms with van der Waals surface area (Å²) in [5, 5.41) is 3.99. The van der Waals surface area contributed by atoms with Gasteiger partial charge in [-0.2, -0.15) is 0 Å². The number of rotatable bonds is 4. The number of fused-ring (bicyclic) bond motifs is 2. The van der Waals surface area contributed by atoms with Crippen molar-refractivity contribution in [3.63, 3.8) is 0 Å². The van der Waals surface area contributed by atoms with Gasteiger partial charge in [0.25, 0.3) is 0 Å². The van der Waals surface area contributed by atoms with E-state index in [1.807, 2.05) is 60.7 Å². The van der Waals surface area contributed by atoms with E-state index in [9.17, 15) is 0 Å². The van der Waals surface area contributed by atoms with Gasteiger partial charge in [0, 0.05) is 34.3 Å². The Morgan fingerprint density at radius 1 is 0.559 bits per heavy atom. The van der Waals surface area contributed by atoms with Crippen molar-refractivity contribution in [1.29, 1.82) is 0 Å². The predicted molar refractivity (Wildman–Crippen MR) is 147 cm³/mol. The van der Waals surface area contributed by atoms with E-state index in [0.717, 1.165) is 44.3 Å². The summed E-state index contributed by atoms with van der Waals surface area (Å²) in [4.78, 5) is 13.9. The van der Waals surface area contributed by atoms with Crippen LogP contribution in [0.5, 0.6) is 0 Å². The highest BCUT2D eigenvalue weighted by atomic mass is 35.5. The van der Waals surface area contributed by atoms with Gasteiger partial charge in [0.15, 0.2) is 0 Å². The molecule has 0 radical (unpaired) electrons. The third kappa shape index (κ3) is 4.79. The van der Waals surface area contributed by atoms with Crippen LogP contribution < -0.4 is 0 Å². The van der Waals surface area contributed by atoms with Crippen LogP contribution in [0.1, 0.15) is 11.1 Å². The highest BCUT2D eigenvalue weighted by Crippen LogP contribution is 2.29. The second-order valence-corrected chi connectivity index (χ2v) is 9.12. The van der Waals surface area contributed by atoms with Crippen LogP contribution in [0.3, 0.4) is 0 Å². The standard InChI is InChI=1S/C27H15Cl4N3/c28-22-5-1-3-18(26(22)30)14-32-20-9-7-16-11-17-8-10-21(13-25(17)34-24(16)12-20)33-15-19-4-2-6-23(29)27(19)31/h1-15H. The summed E-state index contributed by atoms with van der Waals surface area (Å²) in [7, 11) is 0. The highest BCUT2D eigenvalue weighted by molar-refractivity contribution is 6.44. The van der Waals surface area contributed by atoms with E-state index in [1.54, 1.807) is 24.6 Å². The Balaban J connectivity index is 1.47. The normalized spacial score (nSPS) is 11.9. The molecule has 0 saturated carbocycles. The average molecular weight is 523 g/mol. The number of pyridine rings is 1. The van der Waals surface area contributed by atoms with E-state index >= 15 is 0 Å². The summed E-state index contributed by atoms with van der Waals surface area (Å²) in [5.74, 6) is 0. The molecule has 0 aliphatic heterocycles. The highest BCUT2D eigenvalue weighted by Gasteiger charge is 2.05. The molecule has 34 heavy (non-hydrogen) atoms. The van der Waals surface area contributed by atoms with Crippen molar-refractivity contribution in [2.45, 2.75) is 0 Å². The molecule has 0 spiro atoms. The van der Waals surface area contributed by atoms with Crippen LogP contribution in [0.15, 0.2) is 88.8 Å². The molecule has 0 N–H and O–H groups in total. The maximum absolute atomic E-state index is 6.25.